The molecule has 1 aliphatic rings. The number of amides is 2. The minimum Gasteiger partial charge on any atom is -0.356 e. The van der Waals surface area contributed by atoms with E-state index >= 15 is 0 Å². The van der Waals surface area contributed by atoms with Crippen LogP contribution in [0.2, 0.25) is 0 Å². The Morgan fingerprint density at radius 1 is 1.32 bits per heavy atom. The van der Waals surface area contributed by atoms with E-state index in [1.54, 1.807) is 11.3 Å². The van der Waals surface area contributed by atoms with E-state index in [9.17, 15) is 9.59 Å². The maximum Gasteiger partial charge on any atom is 0.225 e. The molecule has 2 aromatic rings. The van der Waals surface area contributed by atoms with Gasteiger partial charge in [0.05, 0.1) is 15.2 Å². The third-order valence-electron chi connectivity index (χ3n) is 4.86. The minimum absolute atomic E-state index is 0.0246. The van der Waals surface area contributed by atoms with Gasteiger partial charge in [-0.15, -0.1) is 11.3 Å². The van der Waals surface area contributed by atoms with Crippen molar-refractivity contribution in [1.29, 1.82) is 0 Å². The van der Waals surface area contributed by atoms with Crippen molar-refractivity contribution in [3.8, 4) is 0 Å². The number of carbonyl (C=O) groups excluding carboxylic acids is 2. The molecule has 25 heavy (non-hydrogen) atoms. The molecule has 0 spiro atoms. The molecule has 3 rings (SSSR count). The number of nitrogens with one attached hydrogen (secondary N) is 1. The lowest BCUT2D eigenvalue weighted by atomic mass is 10.0. The van der Waals surface area contributed by atoms with Crippen molar-refractivity contribution in [2.75, 3.05) is 20.1 Å². The molecule has 1 saturated carbocycles. The van der Waals surface area contributed by atoms with Gasteiger partial charge in [0.1, 0.15) is 0 Å². The summed E-state index contributed by atoms with van der Waals surface area (Å²) in [6, 6.07) is 8.22. The summed E-state index contributed by atoms with van der Waals surface area (Å²) in [5, 5.41) is 3.94. The van der Waals surface area contributed by atoms with Crippen molar-refractivity contribution >= 4 is 33.4 Å². The zero-order chi connectivity index (χ0) is 17.8. The van der Waals surface area contributed by atoms with Crippen molar-refractivity contribution in [3.63, 3.8) is 0 Å². The van der Waals surface area contributed by atoms with Crippen molar-refractivity contribution in [2.45, 2.75) is 38.5 Å². The monoisotopic (exact) mass is 359 g/mol. The first-order valence-corrected chi connectivity index (χ1v) is 9.71. The third kappa shape index (κ3) is 4.37. The van der Waals surface area contributed by atoms with Crippen LogP contribution in [0, 0.1) is 5.92 Å². The largest absolute Gasteiger partial charge is 0.356 e. The van der Waals surface area contributed by atoms with Gasteiger partial charge in [0.2, 0.25) is 11.8 Å². The van der Waals surface area contributed by atoms with E-state index in [4.69, 9.17) is 4.98 Å². The molecule has 0 unspecified atom stereocenters. The molecule has 1 aromatic heterocycles. The van der Waals surface area contributed by atoms with Crippen molar-refractivity contribution < 1.29 is 9.59 Å². The fraction of sp³-hybridized carbons (Fsp3) is 0.526. The van der Waals surface area contributed by atoms with Gasteiger partial charge in [0.25, 0.3) is 0 Å². The molecule has 6 heteroatoms. The predicted molar refractivity (Wildman–Crippen MR) is 101 cm³/mol. The number of rotatable bonds is 6. The molecule has 2 atom stereocenters. The molecule has 134 valence electrons. The van der Waals surface area contributed by atoms with Crippen LogP contribution >= 0.6 is 11.3 Å². The van der Waals surface area contributed by atoms with Gasteiger partial charge in [-0.25, -0.2) is 4.98 Å². The van der Waals surface area contributed by atoms with Gasteiger partial charge < -0.3 is 10.2 Å². The van der Waals surface area contributed by atoms with Crippen LogP contribution < -0.4 is 5.32 Å². The van der Waals surface area contributed by atoms with E-state index in [2.05, 4.69) is 17.4 Å². The Morgan fingerprint density at radius 2 is 2.12 bits per heavy atom. The Balaban J connectivity index is 1.53. The number of fused-ring (bicyclic) bond motifs is 1. The van der Waals surface area contributed by atoms with Crippen LogP contribution in [0.25, 0.3) is 10.2 Å². The lowest BCUT2D eigenvalue weighted by Crippen LogP contribution is -2.34. The summed E-state index contributed by atoms with van der Waals surface area (Å²) in [6.45, 7) is 2.81. The highest BCUT2D eigenvalue weighted by Crippen LogP contribution is 2.41. The van der Waals surface area contributed by atoms with Crippen LogP contribution in [0.3, 0.4) is 0 Å². The molecule has 1 heterocycles. The fourth-order valence-corrected chi connectivity index (χ4v) is 4.61. The van der Waals surface area contributed by atoms with Crippen LogP contribution in [-0.2, 0) is 9.59 Å². The van der Waals surface area contributed by atoms with E-state index < -0.39 is 0 Å². The molecular formula is C19H25N3O2S. The van der Waals surface area contributed by atoms with E-state index in [0.717, 1.165) is 31.2 Å². The van der Waals surface area contributed by atoms with Crippen molar-refractivity contribution in [1.82, 2.24) is 15.2 Å². The SMILES string of the molecule is CC(=O)NCCCN(C)C(=O)[C@H]1CC[C@H](c2nc3ccccc3s2)C1. The summed E-state index contributed by atoms with van der Waals surface area (Å²) in [5.41, 5.74) is 1.06. The number of benzene rings is 1. The van der Waals surface area contributed by atoms with E-state index in [1.807, 2.05) is 24.1 Å². The van der Waals surface area contributed by atoms with Crippen molar-refractivity contribution in [2.24, 2.45) is 5.92 Å². The van der Waals surface area contributed by atoms with Gasteiger partial charge in [-0.2, -0.15) is 0 Å². The van der Waals surface area contributed by atoms with Crippen LogP contribution in [0.1, 0.15) is 43.5 Å². The smallest absolute Gasteiger partial charge is 0.225 e. The lowest BCUT2D eigenvalue weighted by molar-refractivity contribution is -0.134. The number of nitrogens with zero attached hydrogens (tertiary/aromatic N) is 2. The summed E-state index contributed by atoms with van der Waals surface area (Å²) in [5.74, 6) is 0.705. The first kappa shape index (κ1) is 17.9. The number of hydrogen-bond donors (Lipinski definition) is 1. The summed E-state index contributed by atoms with van der Waals surface area (Å²) in [7, 11) is 1.86. The third-order valence-corrected chi connectivity index (χ3v) is 6.06. The molecule has 5 nitrogen and oxygen atoms in total. The minimum atomic E-state index is -0.0246. The van der Waals surface area contributed by atoms with Gasteiger partial charge in [-0.3, -0.25) is 9.59 Å². The van der Waals surface area contributed by atoms with Crippen LogP contribution in [0.4, 0.5) is 0 Å². The molecule has 2 amide bonds. The van der Waals surface area contributed by atoms with E-state index in [1.165, 1.54) is 16.6 Å². The average Bonchev–Trinajstić information content (AvgIpc) is 3.23. The quantitative estimate of drug-likeness (QED) is 0.806. The standard InChI is InChI=1S/C19H25N3O2S/c1-13(23)20-10-5-11-22(2)19(24)15-9-8-14(12-15)18-21-16-6-3-4-7-17(16)25-18/h3-4,6-7,14-15H,5,8-12H2,1-2H3,(H,20,23)/t14-,15-/m0/s1. The molecule has 0 saturated heterocycles. The van der Waals surface area contributed by atoms with Crippen LogP contribution in [0.5, 0.6) is 0 Å². The maximum atomic E-state index is 12.6. The number of para-hydroxylation sites is 1. The molecule has 1 aliphatic carbocycles. The Bertz CT molecular complexity index is 725. The second kappa shape index (κ2) is 7.95. The average molecular weight is 359 g/mol. The first-order valence-electron chi connectivity index (χ1n) is 8.89. The molecule has 0 radical (unpaired) electrons. The summed E-state index contributed by atoms with van der Waals surface area (Å²) in [6.07, 6.45) is 3.66. The highest BCUT2D eigenvalue weighted by molar-refractivity contribution is 7.18. The molecule has 1 aromatic carbocycles. The zero-order valence-electron chi connectivity index (χ0n) is 14.8. The summed E-state index contributed by atoms with van der Waals surface area (Å²) >= 11 is 1.76. The van der Waals surface area contributed by atoms with E-state index in [0.29, 0.717) is 19.0 Å². The van der Waals surface area contributed by atoms with Crippen LogP contribution in [0.15, 0.2) is 24.3 Å². The van der Waals surface area contributed by atoms with Gasteiger partial charge in [0.15, 0.2) is 0 Å². The number of aromatic nitrogens is 1. The predicted octanol–water partition coefficient (Wildman–Crippen LogP) is 3.16. The molecular weight excluding hydrogens is 334 g/mol. The summed E-state index contributed by atoms with van der Waals surface area (Å²) in [4.78, 5) is 30.1. The van der Waals surface area contributed by atoms with E-state index in [-0.39, 0.29) is 17.7 Å². The first-order chi connectivity index (χ1) is 12.0. The zero-order valence-corrected chi connectivity index (χ0v) is 15.6. The van der Waals surface area contributed by atoms with Gasteiger partial charge in [-0.05, 0) is 37.8 Å². The van der Waals surface area contributed by atoms with Crippen molar-refractivity contribution in [3.05, 3.63) is 29.3 Å². The maximum absolute atomic E-state index is 12.6. The van der Waals surface area contributed by atoms with Gasteiger partial charge in [0, 0.05) is 38.9 Å². The Hall–Kier alpha value is -1.95. The topological polar surface area (TPSA) is 62.3 Å². The molecule has 0 aliphatic heterocycles. The number of carbonyl (C=O) groups is 2. The Labute approximate surface area is 152 Å². The molecule has 1 N–H and O–H groups in total. The Morgan fingerprint density at radius 3 is 2.88 bits per heavy atom. The molecule has 0 bridgehead atoms. The highest BCUT2D eigenvalue weighted by Gasteiger charge is 2.33. The summed E-state index contributed by atoms with van der Waals surface area (Å²) < 4.78 is 1.22. The lowest BCUT2D eigenvalue weighted by Gasteiger charge is -2.21. The molecule has 1 fully saturated rings. The van der Waals surface area contributed by atoms with Gasteiger partial charge in [-0.1, -0.05) is 12.1 Å². The number of thiazole rings is 1. The van der Waals surface area contributed by atoms with Crippen LogP contribution in [-0.4, -0.2) is 41.8 Å². The highest BCUT2D eigenvalue weighted by atomic mass is 32.1. The fourth-order valence-electron chi connectivity index (χ4n) is 3.50. The second-order valence-corrected chi connectivity index (χ2v) is 7.89. The van der Waals surface area contributed by atoms with Gasteiger partial charge >= 0.3 is 0 Å². The number of hydrogen-bond acceptors (Lipinski definition) is 4. The normalized spacial score (nSPS) is 19.9. The second-order valence-electron chi connectivity index (χ2n) is 6.82. The Kier molecular flexibility index (Phi) is 5.68.